The molecular formula is C13H19ClN2O3S. The van der Waals surface area contributed by atoms with Crippen LogP contribution in [0.15, 0.2) is 29.2 Å². The van der Waals surface area contributed by atoms with Crippen molar-refractivity contribution in [3.8, 4) is 0 Å². The number of sulfonamides is 1. The number of morpholine rings is 1. The standard InChI is InChI=1S/C13H19ClN2O3S/c1-15(2)20(17,18)13-5-3-11(4-6-13)16-7-8-19-10-12(16)9-14/h3-6,12H,7-10H2,1-2H3. The molecule has 20 heavy (non-hydrogen) atoms. The van der Waals surface area contributed by atoms with Crippen LogP contribution in [0.4, 0.5) is 5.69 Å². The third-order valence-electron chi connectivity index (χ3n) is 3.35. The fourth-order valence-corrected chi connectivity index (χ4v) is 3.30. The number of alkyl halides is 1. The SMILES string of the molecule is CN(C)S(=O)(=O)c1ccc(N2CCOCC2CCl)cc1. The number of ether oxygens (including phenoxy) is 1. The smallest absolute Gasteiger partial charge is 0.242 e. The Bertz CT molecular complexity index is 545. The fourth-order valence-electron chi connectivity index (χ4n) is 2.14. The summed E-state index contributed by atoms with van der Waals surface area (Å²) in [6, 6.07) is 7.03. The van der Waals surface area contributed by atoms with Gasteiger partial charge in [0.15, 0.2) is 0 Å². The number of anilines is 1. The zero-order valence-electron chi connectivity index (χ0n) is 11.6. The first-order chi connectivity index (χ1) is 9.46. The van der Waals surface area contributed by atoms with Gasteiger partial charge in [0.05, 0.1) is 24.2 Å². The van der Waals surface area contributed by atoms with E-state index in [4.69, 9.17) is 16.3 Å². The Morgan fingerprint density at radius 1 is 1.35 bits per heavy atom. The van der Waals surface area contributed by atoms with Gasteiger partial charge in [-0.3, -0.25) is 0 Å². The maximum absolute atomic E-state index is 12.0. The van der Waals surface area contributed by atoms with Gasteiger partial charge in [-0.05, 0) is 24.3 Å². The van der Waals surface area contributed by atoms with Crippen molar-refractivity contribution in [2.24, 2.45) is 0 Å². The molecule has 7 heteroatoms. The molecule has 0 saturated carbocycles. The van der Waals surface area contributed by atoms with Gasteiger partial charge in [0.25, 0.3) is 0 Å². The van der Waals surface area contributed by atoms with E-state index in [9.17, 15) is 8.42 Å². The van der Waals surface area contributed by atoms with Crippen LogP contribution in [0.5, 0.6) is 0 Å². The topological polar surface area (TPSA) is 49.9 Å². The van der Waals surface area contributed by atoms with Gasteiger partial charge >= 0.3 is 0 Å². The van der Waals surface area contributed by atoms with Crippen molar-refractivity contribution < 1.29 is 13.2 Å². The highest BCUT2D eigenvalue weighted by atomic mass is 35.5. The molecule has 0 aliphatic carbocycles. The van der Waals surface area contributed by atoms with Gasteiger partial charge in [0, 0.05) is 32.2 Å². The van der Waals surface area contributed by atoms with E-state index in [1.165, 1.54) is 18.4 Å². The molecule has 0 N–H and O–H groups in total. The number of hydrogen-bond acceptors (Lipinski definition) is 4. The minimum Gasteiger partial charge on any atom is -0.377 e. The van der Waals surface area contributed by atoms with Gasteiger partial charge < -0.3 is 9.64 Å². The number of rotatable bonds is 4. The van der Waals surface area contributed by atoms with Crippen LogP contribution < -0.4 is 4.90 Å². The van der Waals surface area contributed by atoms with Crippen molar-refractivity contribution in [1.82, 2.24) is 4.31 Å². The molecule has 1 fully saturated rings. The second kappa shape index (κ2) is 6.30. The van der Waals surface area contributed by atoms with Crippen LogP contribution in [0, 0.1) is 0 Å². The highest BCUT2D eigenvalue weighted by Gasteiger charge is 2.23. The lowest BCUT2D eigenvalue weighted by molar-refractivity contribution is 0.0998. The highest BCUT2D eigenvalue weighted by molar-refractivity contribution is 7.89. The maximum Gasteiger partial charge on any atom is 0.242 e. The van der Waals surface area contributed by atoms with E-state index in [0.29, 0.717) is 24.0 Å². The van der Waals surface area contributed by atoms with Crippen molar-refractivity contribution in [2.75, 3.05) is 44.6 Å². The van der Waals surface area contributed by atoms with Gasteiger partial charge in [-0.1, -0.05) is 0 Å². The second-order valence-corrected chi connectivity index (χ2v) is 7.32. The van der Waals surface area contributed by atoms with Crippen LogP contribution in [0.2, 0.25) is 0 Å². The van der Waals surface area contributed by atoms with Gasteiger partial charge in [0.2, 0.25) is 10.0 Å². The lowest BCUT2D eigenvalue weighted by Crippen LogP contribution is -2.46. The zero-order chi connectivity index (χ0) is 14.8. The summed E-state index contributed by atoms with van der Waals surface area (Å²) in [5.74, 6) is 0.484. The summed E-state index contributed by atoms with van der Waals surface area (Å²) in [5, 5.41) is 0. The first kappa shape index (κ1) is 15.6. The van der Waals surface area contributed by atoms with Crippen molar-refractivity contribution in [2.45, 2.75) is 10.9 Å². The Morgan fingerprint density at radius 3 is 2.55 bits per heavy atom. The van der Waals surface area contributed by atoms with E-state index in [1.54, 1.807) is 12.1 Å². The largest absolute Gasteiger partial charge is 0.377 e. The summed E-state index contributed by atoms with van der Waals surface area (Å²) >= 11 is 5.95. The van der Waals surface area contributed by atoms with Crippen molar-refractivity contribution in [1.29, 1.82) is 0 Å². The van der Waals surface area contributed by atoms with E-state index in [2.05, 4.69) is 4.90 Å². The molecule has 1 aliphatic heterocycles. The molecule has 112 valence electrons. The molecule has 1 unspecified atom stereocenters. The quantitative estimate of drug-likeness (QED) is 0.787. The van der Waals surface area contributed by atoms with Crippen LogP contribution in [0.25, 0.3) is 0 Å². The molecular weight excluding hydrogens is 300 g/mol. The van der Waals surface area contributed by atoms with Crippen LogP contribution in [-0.4, -0.2) is 58.5 Å². The summed E-state index contributed by atoms with van der Waals surface area (Å²) in [4.78, 5) is 2.45. The van der Waals surface area contributed by atoms with Crippen LogP contribution >= 0.6 is 11.6 Å². The van der Waals surface area contributed by atoms with E-state index in [-0.39, 0.29) is 6.04 Å². The van der Waals surface area contributed by atoms with Crippen LogP contribution in [0.1, 0.15) is 0 Å². The average Bonchev–Trinajstić information content (AvgIpc) is 2.47. The minimum atomic E-state index is -3.38. The predicted molar refractivity (Wildman–Crippen MR) is 80.0 cm³/mol. The number of nitrogens with zero attached hydrogens (tertiary/aromatic N) is 2. The predicted octanol–water partition coefficient (Wildman–Crippen LogP) is 1.38. The van der Waals surface area contributed by atoms with Gasteiger partial charge in [-0.15, -0.1) is 11.6 Å². The molecule has 1 atom stereocenters. The van der Waals surface area contributed by atoms with Crippen molar-refractivity contribution in [3.63, 3.8) is 0 Å². The molecule has 0 bridgehead atoms. The molecule has 1 saturated heterocycles. The molecule has 1 aliphatic rings. The molecule has 0 aromatic heterocycles. The third-order valence-corrected chi connectivity index (χ3v) is 5.54. The molecule has 2 rings (SSSR count). The molecule has 0 spiro atoms. The lowest BCUT2D eigenvalue weighted by Gasteiger charge is -2.36. The van der Waals surface area contributed by atoms with Crippen molar-refractivity contribution >= 4 is 27.3 Å². The highest BCUT2D eigenvalue weighted by Crippen LogP contribution is 2.23. The molecule has 1 heterocycles. The van der Waals surface area contributed by atoms with Gasteiger partial charge in [-0.2, -0.15) is 0 Å². The van der Waals surface area contributed by atoms with Crippen molar-refractivity contribution in [3.05, 3.63) is 24.3 Å². The Morgan fingerprint density at radius 2 is 2.00 bits per heavy atom. The summed E-state index contributed by atoms with van der Waals surface area (Å²) in [6.07, 6.45) is 0. The fraction of sp³-hybridized carbons (Fsp3) is 0.538. The number of benzene rings is 1. The minimum absolute atomic E-state index is 0.127. The molecule has 1 aromatic rings. The monoisotopic (exact) mass is 318 g/mol. The molecule has 0 amide bonds. The van der Waals surface area contributed by atoms with E-state index < -0.39 is 10.0 Å². The lowest BCUT2D eigenvalue weighted by atomic mass is 10.2. The zero-order valence-corrected chi connectivity index (χ0v) is 13.2. The normalized spacial score (nSPS) is 20.4. The Labute approximate surface area is 125 Å². The van der Waals surface area contributed by atoms with E-state index in [1.807, 2.05) is 12.1 Å². The van der Waals surface area contributed by atoms with E-state index in [0.717, 1.165) is 12.2 Å². The Kier molecular flexibility index (Phi) is 4.90. The van der Waals surface area contributed by atoms with E-state index >= 15 is 0 Å². The summed E-state index contributed by atoms with van der Waals surface area (Å²) in [6.45, 7) is 2.02. The molecule has 5 nitrogen and oxygen atoms in total. The number of halogens is 1. The molecule has 1 aromatic carbocycles. The summed E-state index contributed by atoms with van der Waals surface area (Å²) < 4.78 is 30.6. The van der Waals surface area contributed by atoms with Crippen LogP contribution in [-0.2, 0) is 14.8 Å². The van der Waals surface area contributed by atoms with Crippen LogP contribution in [0.3, 0.4) is 0 Å². The Hall–Kier alpha value is -0.820. The summed E-state index contributed by atoms with van der Waals surface area (Å²) in [7, 11) is -0.334. The second-order valence-electron chi connectivity index (χ2n) is 4.86. The maximum atomic E-state index is 12.0. The van der Waals surface area contributed by atoms with Gasteiger partial charge in [-0.25, -0.2) is 12.7 Å². The molecule has 0 radical (unpaired) electrons. The van der Waals surface area contributed by atoms with Gasteiger partial charge in [0.1, 0.15) is 0 Å². The summed E-state index contributed by atoms with van der Waals surface area (Å²) in [5.41, 5.74) is 0.969. The number of hydrogen-bond donors (Lipinski definition) is 0. The average molecular weight is 319 g/mol. The Balaban J connectivity index is 2.24. The first-order valence-corrected chi connectivity index (χ1v) is 8.37. The third kappa shape index (κ3) is 3.09. The first-order valence-electron chi connectivity index (χ1n) is 6.39.